The molecule has 21 heteroatoms. The SMILES string of the molecule is [O-]CC(F)(F)F.[O-]CC(F)(F)F.[O-]CC(F)(F)F.[O-]CC(F)(F)F.[O-]CC(F)(F)F.[Ta+5]. The molecular weight excluding hydrogens is 666 g/mol. The van der Waals surface area contributed by atoms with E-state index in [1.165, 1.54) is 0 Å². The maximum absolute atomic E-state index is 10.5. The van der Waals surface area contributed by atoms with E-state index in [1.807, 2.05) is 0 Å². The van der Waals surface area contributed by atoms with Crippen LogP contribution >= 0.6 is 0 Å². The molecular formula is C10H10F15O5Ta. The third-order valence-electron chi connectivity index (χ3n) is 0.818. The molecule has 5 nitrogen and oxygen atoms in total. The summed E-state index contributed by atoms with van der Waals surface area (Å²) in [7, 11) is 0. The van der Waals surface area contributed by atoms with Gasteiger partial charge in [0.1, 0.15) is 0 Å². The van der Waals surface area contributed by atoms with Crippen molar-refractivity contribution in [1.82, 2.24) is 0 Å². The van der Waals surface area contributed by atoms with Crippen molar-refractivity contribution in [2.45, 2.75) is 30.9 Å². The molecule has 31 heavy (non-hydrogen) atoms. The molecule has 0 N–H and O–H groups in total. The molecule has 0 aliphatic heterocycles. The van der Waals surface area contributed by atoms with Crippen LogP contribution in [0.3, 0.4) is 0 Å². The minimum absolute atomic E-state index is 0. The molecule has 0 aromatic heterocycles. The number of halogens is 15. The number of rotatable bonds is 0. The van der Waals surface area contributed by atoms with Gasteiger partial charge in [0.05, 0.1) is 0 Å². The topological polar surface area (TPSA) is 115 Å². The van der Waals surface area contributed by atoms with Gasteiger partial charge in [0, 0.05) is 0 Å². The maximum Gasteiger partial charge on any atom is 5.00 e. The van der Waals surface area contributed by atoms with Gasteiger partial charge in [-0.2, -0.15) is 65.9 Å². The summed E-state index contributed by atoms with van der Waals surface area (Å²) in [4.78, 5) is 0. The van der Waals surface area contributed by atoms with E-state index in [0.29, 0.717) is 0 Å². The van der Waals surface area contributed by atoms with Crippen LogP contribution in [0.1, 0.15) is 0 Å². The molecule has 0 radical (unpaired) electrons. The molecule has 190 valence electrons. The van der Waals surface area contributed by atoms with Crippen LogP contribution in [-0.4, -0.2) is 63.9 Å². The fourth-order valence-corrected chi connectivity index (χ4v) is 0. The first-order valence-electron chi connectivity index (χ1n) is 6.05. The Morgan fingerprint density at radius 1 is 0.290 bits per heavy atom. The minimum atomic E-state index is -4.51. The van der Waals surface area contributed by atoms with Crippen molar-refractivity contribution < 1.29 is 114 Å². The van der Waals surface area contributed by atoms with Gasteiger partial charge in [0.2, 0.25) is 0 Å². The van der Waals surface area contributed by atoms with E-state index in [4.69, 9.17) is 25.5 Å². The molecule has 0 spiro atoms. The van der Waals surface area contributed by atoms with Crippen LogP contribution in [0.5, 0.6) is 0 Å². The molecule has 0 heterocycles. The Kier molecular flexibility index (Phi) is 28.7. The average Bonchev–Trinajstić information content (AvgIpc) is 2.54. The van der Waals surface area contributed by atoms with Gasteiger partial charge in [-0.05, 0) is 33.0 Å². The quantitative estimate of drug-likeness (QED) is 0.323. The zero-order valence-electron chi connectivity index (χ0n) is 14.2. The summed E-state index contributed by atoms with van der Waals surface area (Å²) in [5.41, 5.74) is 0. The summed E-state index contributed by atoms with van der Waals surface area (Å²) < 4.78 is 157. The zero-order valence-corrected chi connectivity index (χ0v) is 17.4. The average molecular weight is 676 g/mol. The van der Waals surface area contributed by atoms with Crippen LogP contribution in [0.2, 0.25) is 0 Å². The second-order valence-electron chi connectivity index (χ2n) is 3.80. The summed E-state index contributed by atoms with van der Waals surface area (Å²) in [6, 6.07) is 0. The Labute approximate surface area is 178 Å². The van der Waals surface area contributed by atoms with E-state index in [0.717, 1.165) is 0 Å². The number of hydrogen-bond acceptors (Lipinski definition) is 5. The van der Waals surface area contributed by atoms with Crippen molar-refractivity contribution in [1.29, 1.82) is 0 Å². The summed E-state index contributed by atoms with van der Waals surface area (Å²) >= 11 is 0. The van der Waals surface area contributed by atoms with Crippen LogP contribution in [-0.2, 0) is 22.4 Å². The standard InChI is InChI=1S/5C2H2F3O.Ta/c5*3-2(4,5)1-6;/h5*1H2;/q5*-1;+5. The van der Waals surface area contributed by atoms with E-state index in [9.17, 15) is 65.9 Å². The van der Waals surface area contributed by atoms with E-state index in [2.05, 4.69) is 0 Å². The summed E-state index contributed by atoms with van der Waals surface area (Å²) in [5, 5.41) is 44.1. The fraction of sp³-hybridized carbons (Fsp3) is 1.00. The molecule has 0 fully saturated rings. The van der Waals surface area contributed by atoms with Gasteiger partial charge in [-0.3, -0.25) is 0 Å². The molecule has 0 rings (SSSR count). The fourth-order valence-electron chi connectivity index (χ4n) is 0. The molecule has 0 aliphatic rings. The van der Waals surface area contributed by atoms with Gasteiger partial charge in [0.25, 0.3) is 0 Å². The van der Waals surface area contributed by atoms with Crippen LogP contribution in [0.4, 0.5) is 65.9 Å². The maximum atomic E-state index is 10.5. The van der Waals surface area contributed by atoms with E-state index >= 15 is 0 Å². The normalized spacial score (nSPS) is 11.6. The smallest absolute Gasteiger partial charge is 0.848 e. The van der Waals surface area contributed by atoms with Crippen molar-refractivity contribution in [3.8, 4) is 0 Å². The first kappa shape index (κ1) is 44.2. The molecule has 0 saturated carbocycles. The Balaban J connectivity index is -0.0000000625. The van der Waals surface area contributed by atoms with Gasteiger partial charge in [-0.1, -0.05) is 0 Å². The second kappa shape index (κ2) is 20.1. The van der Waals surface area contributed by atoms with Crippen molar-refractivity contribution in [2.24, 2.45) is 0 Å². The van der Waals surface area contributed by atoms with E-state index in [1.54, 1.807) is 0 Å². The summed E-state index contributed by atoms with van der Waals surface area (Å²) in [6.07, 6.45) is -22.6. The largest absolute Gasteiger partial charge is 5.00 e. The molecule has 0 bridgehead atoms. The van der Waals surface area contributed by atoms with Gasteiger partial charge in [-0.15, -0.1) is 0 Å². The van der Waals surface area contributed by atoms with E-state index < -0.39 is 63.9 Å². The van der Waals surface area contributed by atoms with Gasteiger partial charge >= 0.3 is 53.3 Å². The monoisotopic (exact) mass is 676 g/mol. The zero-order chi connectivity index (χ0) is 26.0. The third-order valence-corrected chi connectivity index (χ3v) is 0.818. The molecule has 0 saturated heterocycles. The molecule has 0 amide bonds. The first-order chi connectivity index (χ1) is 12.8. The number of alkyl halides is 15. The molecule has 0 unspecified atom stereocenters. The summed E-state index contributed by atoms with van der Waals surface area (Å²) in [6.45, 7) is -9.90. The van der Waals surface area contributed by atoms with Crippen molar-refractivity contribution in [2.75, 3.05) is 33.0 Å². The predicted molar refractivity (Wildman–Crippen MR) is 54.6 cm³/mol. The minimum Gasteiger partial charge on any atom is -0.848 e. The van der Waals surface area contributed by atoms with Gasteiger partial charge < -0.3 is 25.5 Å². The van der Waals surface area contributed by atoms with Gasteiger partial charge in [0.15, 0.2) is 0 Å². The van der Waals surface area contributed by atoms with Crippen molar-refractivity contribution in [3.05, 3.63) is 0 Å². The van der Waals surface area contributed by atoms with Crippen LogP contribution < -0.4 is 25.5 Å². The van der Waals surface area contributed by atoms with E-state index in [-0.39, 0.29) is 22.4 Å². The molecule has 0 atom stereocenters. The Morgan fingerprint density at radius 3 is 0.323 bits per heavy atom. The summed E-state index contributed by atoms with van der Waals surface area (Å²) in [5.74, 6) is 0. The second-order valence-corrected chi connectivity index (χ2v) is 3.80. The first-order valence-corrected chi connectivity index (χ1v) is 6.05. The van der Waals surface area contributed by atoms with Crippen LogP contribution in [0.15, 0.2) is 0 Å². The third kappa shape index (κ3) is 106. The van der Waals surface area contributed by atoms with Crippen LogP contribution in [0, 0.1) is 0 Å². The Bertz CT molecular complexity index is 280. The Hall–Kier alpha value is -0.510. The molecule has 0 aromatic rings. The molecule has 0 aromatic carbocycles. The van der Waals surface area contributed by atoms with Crippen LogP contribution in [0.25, 0.3) is 0 Å². The van der Waals surface area contributed by atoms with Crippen molar-refractivity contribution >= 4 is 0 Å². The van der Waals surface area contributed by atoms with Gasteiger partial charge in [-0.25, -0.2) is 0 Å². The number of hydrogen-bond donors (Lipinski definition) is 0. The Morgan fingerprint density at radius 2 is 0.323 bits per heavy atom. The molecule has 0 aliphatic carbocycles. The van der Waals surface area contributed by atoms with Crippen molar-refractivity contribution in [3.63, 3.8) is 0 Å². The predicted octanol–water partition coefficient (Wildman–Crippen LogP) is -0.458.